The molecule has 0 aliphatic carbocycles. The van der Waals surface area contributed by atoms with Crippen molar-refractivity contribution in [3.8, 4) is 5.75 Å². The molecule has 1 aromatic rings. The molecule has 0 atom stereocenters. The minimum Gasteiger partial charge on any atom is -0.491 e. The van der Waals surface area contributed by atoms with Crippen molar-refractivity contribution in [1.82, 2.24) is 0 Å². The van der Waals surface area contributed by atoms with Gasteiger partial charge < -0.3 is 23.7 Å². The Hall–Kier alpha value is -2.38. The Kier molecular flexibility index (Phi) is 12.4. The van der Waals surface area contributed by atoms with Gasteiger partial charge in [-0.05, 0) is 50.5 Å². The molecule has 7 heteroatoms. The van der Waals surface area contributed by atoms with Crippen LogP contribution in [0.25, 0.3) is 0 Å². The van der Waals surface area contributed by atoms with E-state index >= 15 is 0 Å². The number of aryl methyl sites for hydroxylation is 1. The first-order chi connectivity index (χ1) is 13.6. The maximum absolute atomic E-state index is 11.8. The summed E-state index contributed by atoms with van der Waals surface area (Å²) < 4.78 is 26.0. The number of hydrogen-bond acceptors (Lipinski definition) is 7. The summed E-state index contributed by atoms with van der Waals surface area (Å²) in [6.45, 7) is 7.93. The minimum absolute atomic E-state index is 0.0707. The molecule has 0 saturated heterocycles. The smallest absolute Gasteiger partial charge is 0.374 e. The molecule has 0 amide bonds. The standard InChI is InChI=1S/C21H30O7/c1-4-24-13-14-25-15-16-27-19-11-9-18(10-12-19)7-6-8-20(28-17(3)22)21(23)26-5-2/h8-12H,4-7,13-16H2,1-3H3/b20-8-. The van der Waals surface area contributed by atoms with E-state index in [1.54, 1.807) is 13.0 Å². The molecule has 0 bridgehead atoms. The molecule has 0 aromatic heterocycles. The van der Waals surface area contributed by atoms with Gasteiger partial charge in [0.05, 0.1) is 26.4 Å². The van der Waals surface area contributed by atoms with Gasteiger partial charge in [0.25, 0.3) is 0 Å². The first-order valence-electron chi connectivity index (χ1n) is 9.49. The molecule has 0 heterocycles. The number of rotatable bonds is 14. The molecule has 0 spiro atoms. The largest absolute Gasteiger partial charge is 0.491 e. The number of esters is 2. The second kappa shape index (κ2) is 14.6. The lowest BCUT2D eigenvalue weighted by Crippen LogP contribution is -2.13. The van der Waals surface area contributed by atoms with Crippen molar-refractivity contribution < 1.29 is 33.3 Å². The summed E-state index contributed by atoms with van der Waals surface area (Å²) in [5, 5.41) is 0. The van der Waals surface area contributed by atoms with E-state index in [1.807, 2.05) is 31.2 Å². The van der Waals surface area contributed by atoms with Crippen molar-refractivity contribution in [3.05, 3.63) is 41.7 Å². The van der Waals surface area contributed by atoms with Gasteiger partial charge in [-0.25, -0.2) is 4.79 Å². The second-order valence-electron chi connectivity index (χ2n) is 5.72. The molecular formula is C21H30O7. The highest BCUT2D eigenvalue weighted by Gasteiger charge is 2.14. The topological polar surface area (TPSA) is 80.3 Å². The Balaban J connectivity index is 2.38. The Bertz CT molecular complexity index is 608. The summed E-state index contributed by atoms with van der Waals surface area (Å²) in [6, 6.07) is 7.68. The lowest BCUT2D eigenvalue weighted by Gasteiger charge is -2.08. The quantitative estimate of drug-likeness (QED) is 0.208. The van der Waals surface area contributed by atoms with E-state index in [1.165, 1.54) is 6.92 Å². The van der Waals surface area contributed by atoms with E-state index in [-0.39, 0.29) is 12.4 Å². The third kappa shape index (κ3) is 10.7. The van der Waals surface area contributed by atoms with E-state index in [0.29, 0.717) is 45.9 Å². The SMILES string of the molecule is CCOCCOCCOc1ccc(CC/C=C(\OC(C)=O)C(=O)OCC)cc1. The van der Waals surface area contributed by atoms with Crippen LogP contribution in [-0.4, -0.2) is 51.6 Å². The second-order valence-corrected chi connectivity index (χ2v) is 5.72. The van der Waals surface area contributed by atoms with Crippen LogP contribution in [-0.2, 0) is 35.0 Å². The van der Waals surface area contributed by atoms with Gasteiger partial charge in [-0.3, -0.25) is 4.79 Å². The maximum atomic E-state index is 11.8. The molecule has 7 nitrogen and oxygen atoms in total. The lowest BCUT2D eigenvalue weighted by atomic mass is 10.1. The van der Waals surface area contributed by atoms with E-state index in [0.717, 1.165) is 11.3 Å². The van der Waals surface area contributed by atoms with Crippen LogP contribution < -0.4 is 4.74 Å². The molecule has 0 aliphatic rings. The van der Waals surface area contributed by atoms with Crippen LogP contribution in [0.15, 0.2) is 36.1 Å². The molecule has 28 heavy (non-hydrogen) atoms. The first kappa shape index (κ1) is 23.7. The van der Waals surface area contributed by atoms with Gasteiger partial charge >= 0.3 is 11.9 Å². The molecule has 1 aromatic carbocycles. The Morgan fingerprint density at radius 1 is 0.929 bits per heavy atom. The van der Waals surface area contributed by atoms with Crippen LogP contribution >= 0.6 is 0 Å². The van der Waals surface area contributed by atoms with Crippen molar-refractivity contribution in [3.63, 3.8) is 0 Å². The fourth-order valence-corrected chi connectivity index (χ4v) is 2.23. The van der Waals surface area contributed by atoms with Crippen molar-refractivity contribution in [1.29, 1.82) is 0 Å². The highest BCUT2D eigenvalue weighted by atomic mass is 16.6. The number of hydrogen-bond donors (Lipinski definition) is 0. The highest BCUT2D eigenvalue weighted by molar-refractivity contribution is 5.89. The monoisotopic (exact) mass is 394 g/mol. The third-order valence-electron chi connectivity index (χ3n) is 3.49. The van der Waals surface area contributed by atoms with Crippen LogP contribution in [0.1, 0.15) is 32.8 Å². The summed E-state index contributed by atoms with van der Waals surface area (Å²) in [4.78, 5) is 22.9. The van der Waals surface area contributed by atoms with Gasteiger partial charge in [-0.15, -0.1) is 0 Å². The first-order valence-corrected chi connectivity index (χ1v) is 9.49. The molecule has 0 N–H and O–H groups in total. The number of allylic oxidation sites excluding steroid dienone is 1. The third-order valence-corrected chi connectivity index (χ3v) is 3.49. The average molecular weight is 394 g/mol. The summed E-state index contributed by atoms with van der Waals surface area (Å²) in [7, 11) is 0. The Labute approximate surface area is 166 Å². The van der Waals surface area contributed by atoms with Crippen LogP contribution in [0.2, 0.25) is 0 Å². The minimum atomic E-state index is -0.634. The van der Waals surface area contributed by atoms with Gasteiger partial charge in [-0.1, -0.05) is 12.1 Å². The van der Waals surface area contributed by atoms with Crippen molar-refractivity contribution in [2.75, 3.05) is 39.6 Å². The molecule has 1 rings (SSSR count). The summed E-state index contributed by atoms with van der Waals surface area (Å²) in [6.07, 6.45) is 2.80. The number of carbonyl (C=O) groups is 2. The maximum Gasteiger partial charge on any atom is 0.374 e. The average Bonchev–Trinajstić information content (AvgIpc) is 2.67. The summed E-state index contributed by atoms with van der Waals surface area (Å²) >= 11 is 0. The van der Waals surface area contributed by atoms with E-state index in [2.05, 4.69) is 0 Å². The fraction of sp³-hybridized carbons (Fsp3) is 0.524. The number of ether oxygens (including phenoxy) is 5. The molecule has 0 fully saturated rings. The molecular weight excluding hydrogens is 364 g/mol. The van der Waals surface area contributed by atoms with Crippen LogP contribution in [0, 0.1) is 0 Å². The van der Waals surface area contributed by atoms with Gasteiger partial charge in [0.1, 0.15) is 12.4 Å². The van der Waals surface area contributed by atoms with Crippen molar-refractivity contribution >= 4 is 11.9 Å². The fourth-order valence-electron chi connectivity index (χ4n) is 2.23. The zero-order chi connectivity index (χ0) is 20.6. The van der Waals surface area contributed by atoms with Gasteiger partial charge in [0, 0.05) is 13.5 Å². The highest BCUT2D eigenvalue weighted by Crippen LogP contribution is 2.14. The van der Waals surface area contributed by atoms with E-state index in [9.17, 15) is 9.59 Å². The molecule has 156 valence electrons. The van der Waals surface area contributed by atoms with Gasteiger partial charge in [-0.2, -0.15) is 0 Å². The van der Waals surface area contributed by atoms with Gasteiger partial charge in [0.2, 0.25) is 5.76 Å². The normalized spacial score (nSPS) is 11.2. The Morgan fingerprint density at radius 2 is 1.61 bits per heavy atom. The van der Waals surface area contributed by atoms with Crippen LogP contribution in [0.3, 0.4) is 0 Å². The van der Waals surface area contributed by atoms with Crippen molar-refractivity contribution in [2.45, 2.75) is 33.6 Å². The van der Waals surface area contributed by atoms with Crippen LogP contribution in [0.5, 0.6) is 5.75 Å². The predicted octanol–water partition coefficient (Wildman–Crippen LogP) is 3.06. The Morgan fingerprint density at radius 3 is 2.25 bits per heavy atom. The van der Waals surface area contributed by atoms with Gasteiger partial charge in [0.15, 0.2) is 0 Å². The summed E-state index contributed by atoms with van der Waals surface area (Å²) in [5.74, 6) is -0.494. The number of carbonyl (C=O) groups excluding carboxylic acids is 2. The summed E-state index contributed by atoms with van der Waals surface area (Å²) in [5.41, 5.74) is 1.07. The van der Waals surface area contributed by atoms with E-state index < -0.39 is 11.9 Å². The zero-order valence-corrected chi connectivity index (χ0v) is 16.9. The lowest BCUT2D eigenvalue weighted by molar-refractivity contribution is -0.150. The predicted molar refractivity (Wildman–Crippen MR) is 104 cm³/mol. The van der Waals surface area contributed by atoms with Crippen LogP contribution in [0.4, 0.5) is 0 Å². The number of benzene rings is 1. The molecule has 0 aliphatic heterocycles. The zero-order valence-electron chi connectivity index (χ0n) is 16.9. The van der Waals surface area contributed by atoms with Crippen molar-refractivity contribution in [2.24, 2.45) is 0 Å². The molecule has 0 radical (unpaired) electrons. The van der Waals surface area contributed by atoms with E-state index in [4.69, 9.17) is 23.7 Å². The molecule has 0 saturated carbocycles. The molecule has 0 unspecified atom stereocenters.